The van der Waals surface area contributed by atoms with Gasteiger partial charge in [-0.25, -0.2) is 0 Å². The van der Waals surface area contributed by atoms with Gasteiger partial charge in [-0.1, -0.05) is 0 Å². The van der Waals surface area contributed by atoms with Gasteiger partial charge in [-0.2, -0.15) is 0 Å². The van der Waals surface area contributed by atoms with Crippen LogP contribution >= 0.6 is 0 Å². The molecule has 3 rings (SSSR count). The van der Waals surface area contributed by atoms with Crippen LogP contribution in [0, 0.1) is 0 Å². The van der Waals surface area contributed by atoms with Gasteiger partial charge in [0.25, 0.3) is 0 Å². The van der Waals surface area contributed by atoms with Crippen molar-refractivity contribution in [2.24, 2.45) is 0 Å². The van der Waals surface area contributed by atoms with Crippen molar-refractivity contribution in [1.82, 2.24) is 9.80 Å². The lowest BCUT2D eigenvalue weighted by Crippen LogP contribution is -2.48. The Morgan fingerprint density at radius 3 is 1.20 bits per heavy atom. The van der Waals surface area contributed by atoms with Crippen LogP contribution in [0.2, 0.25) is 0 Å². The molecule has 0 aromatic rings. The molecule has 0 heterocycles. The Kier molecular flexibility index (Phi) is 9.03. The summed E-state index contributed by atoms with van der Waals surface area (Å²) in [4.78, 5) is 4.96. The fraction of sp³-hybridized carbons (Fsp3) is 1.00. The normalized spacial score (nSPS) is 37.5. The van der Waals surface area contributed by atoms with Gasteiger partial charge in [0.2, 0.25) is 0 Å². The van der Waals surface area contributed by atoms with Crippen LogP contribution in [-0.4, -0.2) is 77.5 Å². The second kappa shape index (κ2) is 10.9. The molecule has 3 saturated carbocycles. The molecule has 3 aliphatic rings. The molecule has 0 aromatic carbocycles. The first-order valence-corrected chi connectivity index (χ1v) is 14.3. The molecular formula is C26H51N2OS+. The smallest absolute Gasteiger partial charge is 0.119 e. The van der Waals surface area contributed by atoms with Crippen LogP contribution in [0.4, 0.5) is 0 Å². The van der Waals surface area contributed by atoms with Crippen LogP contribution in [0.15, 0.2) is 0 Å². The average Bonchev–Trinajstić information content (AvgIpc) is 2.69. The molecule has 0 atom stereocenters. The SMILES string of the molecule is CN(C)C1CCC([S+](C2CCC(OC(C)(C)C)CC2)C2CCC(N(C)C)CC2)CC1. The van der Waals surface area contributed by atoms with Gasteiger partial charge in [0, 0.05) is 12.1 Å². The minimum Gasteiger partial charge on any atom is -0.373 e. The van der Waals surface area contributed by atoms with Crippen LogP contribution < -0.4 is 0 Å². The Morgan fingerprint density at radius 2 is 0.900 bits per heavy atom. The van der Waals surface area contributed by atoms with Gasteiger partial charge in [-0.15, -0.1) is 0 Å². The van der Waals surface area contributed by atoms with Crippen molar-refractivity contribution in [3.8, 4) is 0 Å². The van der Waals surface area contributed by atoms with Crippen molar-refractivity contribution in [1.29, 1.82) is 0 Å². The fourth-order valence-corrected chi connectivity index (χ4v) is 10.5. The molecule has 30 heavy (non-hydrogen) atoms. The van der Waals surface area contributed by atoms with E-state index in [0.29, 0.717) is 17.0 Å². The lowest BCUT2D eigenvalue weighted by molar-refractivity contribution is -0.0728. The number of hydrogen-bond acceptors (Lipinski definition) is 3. The van der Waals surface area contributed by atoms with Crippen LogP contribution in [0.3, 0.4) is 0 Å². The molecule has 3 nitrogen and oxygen atoms in total. The van der Waals surface area contributed by atoms with Crippen LogP contribution in [0.25, 0.3) is 0 Å². The van der Waals surface area contributed by atoms with Gasteiger partial charge in [0.05, 0.1) is 11.7 Å². The van der Waals surface area contributed by atoms with Gasteiger partial charge in [0.1, 0.15) is 15.7 Å². The Bertz CT molecular complexity index is 466. The largest absolute Gasteiger partial charge is 0.373 e. The summed E-state index contributed by atoms with van der Waals surface area (Å²) in [5.74, 6) is 0. The molecule has 176 valence electrons. The predicted molar refractivity (Wildman–Crippen MR) is 134 cm³/mol. The maximum Gasteiger partial charge on any atom is 0.119 e. The second-order valence-electron chi connectivity index (χ2n) is 11.8. The van der Waals surface area contributed by atoms with E-state index in [9.17, 15) is 0 Å². The van der Waals surface area contributed by atoms with E-state index < -0.39 is 0 Å². The molecule has 0 amide bonds. The zero-order chi connectivity index (χ0) is 21.9. The highest BCUT2D eigenvalue weighted by Crippen LogP contribution is 2.42. The lowest BCUT2D eigenvalue weighted by Gasteiger charge is -2.41. The highest BCUT2D eigenvalue weighted by Gasteiger charge is 2.48. The molecule has 0 aromatic heterocycles. The third-order valence-corrected chi connectivity index (χ3v) is 11.8. The number of nitrogens with zero attached hydrogens (tertiary/aromatic N) is 2. The minimum absolute atomic E-state index is 0.00825. The molecule has 0 saturated heterocycles. The maximum atomic E-state index is 6.37. The Balaban J connectivity index is 1.63. The summed E-state index contributed by atoms with van der Waals surface area (Å²) in [6.07, 6.45) is 17.6. The van der Waals surface area contributed by atoms with Crippen molar-refractivity contribution < 1.29 is 4.74 Å². The van der Waals surface area contributed by atoms with E-state index in [-0.39, 0.29) is 5.60 Å². The van der Waals surface area contributed by atoms with E-state index in [1.165, 1.54) is 77.0 Å². The highest BCUT2D eigenvalue weighted by atomic mass is 32.2. The summed E-state index contributed by atoms with van der Waals surface area (Å²) in [5.41, 5.74) is 0.00825. The Morgan fingerprint density at radius 1 is 0.567 bits per heavy atom. The lowest BCUT2D eigenvalue weighted by atomic mass is 9.93. The summed E-state index contributed by atoms with van der Waals surface area (Å²) in [7, 11) is 9.76. The molecule has 0 N–H and O–H groups in total. The van der Waals surface area contributed by atoms with Gasteiger partial charge in [-0.05, 0) is 137 Å². The number of ether oxygens (including phenoxy) is 1. The topological polar surface area (TPSA) is 15.7 Å². The molecule has 0 unspecified atom stereocenters. The van der Waals surface area contributed by atoms with Crippen molar-refractivity contribution >= 4 is 10.9 Å². The molecule has 0 bridgehead atoms. The molecule has 0 spiro atoms. The quantitative estimate of drug-likeness (QED) is 0.510. The molecule has 0 radical (unpaired) electrons. The van der Waals surface area contributed by atoms with Crippen molar-refractivity contribution in [2.45, 2.75) is 137 Å². The number of hydrogen-bond donors (Lipinski definition) is 0. The zero-order valence-corrected chi connectivity index (χ0v) is 22.0. The van der Waals surface area contributed by atoms with E-state index >= 15 is 0 Å². The summed E-state index contributed by atoms with van der Waals surface area (Å²) in [5, 5.41) is 2.99. The molecule has 3 aliphatic carbocycles. The monoisotopic (exact) mass is 439 g/mol. The Hall–Kier alpha value is 0.230. The van der Waals surface area contributed by atoms with Gasteiger partial charge in [0.15, 0.2) is 0 Å². The van der Waals surface area contributed by atoms with Gasteiger partial charge >= 0.3 is 0 Å². The Labute approximate surface area is 191 Å². The van der Waals surface area contributed by atoms with Crippen molar-refractivity contribution in [2.75, 3.05) is 28.2 Å². The first-order valence-electron chi connectivity index (χ1n) is 12.9. The van der Waals surface area contributed by atoms with E-state index in [1.807, 2.05) is 0 Å². The maximum absolute atomic E-state index is 6.37. The average molecular weight is 440 g/mol. The first-order chi connectivity index (χ1) is 14.1. The molecule has 4 heteroatoms. The zero-order valence-electron chi connectivity index (χ0n) is 21.2. The molecular weight excluding hydrogens is 388 g/mol. The van der Waals surface area contributed by atoms with Gasteiger partial charge in [-0.3, -0.25) is 0 Å². The van der Waals surface area contributed by atoms with Crippen LogP contribution in [0.5, 0.6) is 0 Å². The fourth-order valence-electron chi connectivity index (χ4n) is 6.41. The van der Waals surface area contributed by atoms with E-state index in [4.69, 9.17) is 4.74 Å². The number of rotatable bonds is 6. The third-order valence-electron chi connectivity index (χ3n) is 8.04. The third kappa shape index (κ3) is 6.86. The van der Waals surface area contributed by atoms with Crippen LogP contribution in [0.1, 0.15) is 97.8 Å². The van der Waals surface area contributed by atoms with E-state index in [2.05, 4.69) is 58.8 Å². The summed E-state index contributed by atoms with van der Waals surface area (Å²) < 4.78 is 6.37. The molecule has 3 fully saturated rings. The highest BCUT2D eigenvalue weighted by molar-refractivity contribution is 7.98. The van der Waals surface area contributed by atoms with E-state index in [0.717, 1.165) is 27.8 Å². The van der Waals surface area contributed by atoms with Crippen molar-refractivity contribution in [3.05, 3.63) is 0 Å². The minimum atomic E-state index is 0.00825. The summed E-state index contributed by atoms with van der Waals surface area (Å²) in [6.45, 7) is 6.65. The molecule has 0 aliphatic heterocycles. The summed E-state index contributed by atoms with van der Waals surface area (Å²) in [6, 6.07) is 1.65. The second-order valence-corrected chi connectivity index (χ2v) is 14.6. The standard InChI is InChI=1S/C26H51N2OS/c1-26(2,3)29-22-12-18-25(19-13-22)30(23-14-8-20(9-15-23)27(4)5)24-16-10-21(11-17-24)28(6)7/h20-25H,8-19H2,1-7H3/q+1. The first kappa shape index (κ1) is 24.9. The van der Waals surface area contributed by atoms with Crippen molar-refractivity contribution in [3.63, 3.8) is 0 Å². The van der Waals surface area contributed by atoms with Gasteiger partial charge < -0.3 is 14.5 Å². The predicted octanol–water partition coefficient (Wildman–Crippen LogP) is 5.48. The van der Waals surface area contributed by atoms with Crippen LogP contribution in [-0.2, 0) is 15.6 Å². The van der Waals surface area contributed by atoms with E-state index in [1.54, 1.807) is 0 Å². The summed E-state index contributed by atoms with van der Waals surface area (Å²) >= 11 is 0.